The first kappa shape index (κ1) is 10.2. The fraction of sp³-hybridized carbons (Fsp3) is 0. The van der Waals surface area contributed by atoms with E-state index < -0.39 is 0 Å². The van der Waals surface area contributed by atoms with Gasteiger partial charge in [0.25, 0.3) is 0 Å². The van der Waals surface area contributed by atoms with Gasteiger partial charge in [0.2, 0.25) is 5.88 Å². The summed E-state index contributed by atoms with van der Waals surface area (Å²) in [6, 6.07) is 5.76. The zero-order valence-electron chi connectivity index (χ0n) is 7.85. The number of halogens is 1. The van der Waals surface area contributed by atoms with Crippen molar-refractivity contribution in [2.24, 2.45) is 0 Å². The van der Waals surface area contributed by atoms with Gasteiger partial charge in [-0.1, -0.05) is 0 Å². The van der Waals surface area contributed by atoms with Crippen molar-refractivity contribution in [3.05, 3.63) is 27.4 Å². The van der Waals surface area contributed by atoms with Gasteiger partial charge in [0.15, 0.2) is 5.82 Å². The highest BCUT2D eigenvalue weighted by Gasteiger charge is 2.10. The van der Waals surface area contributed by atoms with Crippen molar-refractivity contribution >= 4 is 48.8 Å². The highest BCUT2D eigenvalue weighted by Crippen LogP contribution is 2.33. The Kier molecular flexibility index (Phi) is 2.42. The maximum absolute atomic E-state index is 9.76. The summed E-state index contributed by atoms with van der Waals surface area (Å²) in [5, 5.41) is 11.7. The van der Waals surface area contributed by atoms with Crippen LogP contribution in [0.4, 0.5) is 0 Å². The number of fused-ring (bicyclic) bond motifs is 1. The summed E-state index contributed by atoms with van der Waals surface area (Å²) in [6.45, 7) is 0. The molecule has 0 saturated carbocycles. The third kappa shape index (κ3) is 1.63. The summed E-state index contributed by atoms with van der Waals surface area (Å²) in [4.78, 5) is 9.45. The van der Waals surface area contributed by atoms with Gasteiger partial charge < -0.3 is 5.11 Å². The molecule has 6 heteroatoms. The molecule has 80 valence electrons. The molecular formula is C10H5BrN2OS2. The van der Waals surface area contributed by atoms with Gasteiger partial charge in [0.05, 0.1) is 14.2 Å². The van der Waals surface area contributed by atoms with Gasteiger partial charge in [-0.15, -0.1) is 22.7 Å². The predicted octanol–water partition coefficient (Wildman–Crippen LogP) is 3.89. The first-order chi connectivity index (χ1) is 7.74. The molecule has 0 aliphatic heterocycles. The van der Waals surface area contributed by atoms with E-state index in [1.165, 1.54) is 11.3 Å². The van der Waals surface area contributed by atoms with Crippen LogP contribution in [0.15, 0.2) is 27.4 Å². The molecule has 0 unspecified atom stereocenters. The molecule has 3 nitrogen and oxygen atoms in total. The van der Waals surface area contributed by atoms with Crippen molar-refractivity contribution in [3.63, 3.8) is 0 Å². The lowest BCUT2D eigenvalue weighted by molar-refractivity contribution is 0.461. The van der Waals surface area contributed by atoms with E-state index in [0.29, 0.717) is 5.82 Å². The van der Waals surface area contributed by atoms with Crippen molar-refractivity contribution in [3.8, 4) is 16.6 Å². The third-order valence-electron chi connectivity index (χ3n) is 2.08. The van der Waals surface area contributed by atoms with Crippen LogP contribution in [0.5, 0.6) is 5.88 Å². The standard InChI is InChI=1S/C10H5BrN2OS2/c11-7-2-1-6(16-7)9-12-5-3-4-15-8(5)10(14)13-9/h1-4H,(H,12,13,14). The van der Waals surface area contributed by atoms with Crippen LogP contribution in [0.2, 0.25) is 0 Å². The van der Waals surface area contributed by atoms with Crippen LogP contribution in [0.25, 0.3) is 20.9 Å². The maximum atomic E-state index is 9.76. The SMILES string of the molecule is Oc1nc(-c2ccc(Br)s2)nc2ccsc12. The molecule has 0 fully saturated rings. The molecule has 0 aliphatic rings. The molecule has 3 rings (SSSR count). The van der Waals surface area contributed by atoms with Crippen LogP contribution in [0.1, 0.15) is 0 Å². The Labute approximate surface area is 108 Å². The molecule has 0 spiro atoms. The highest BCUT2D eigenvalue weighted by atomic mass is 79.9. The normalized spacial score (nSPS) is 11.1. The summed E-state index contributed by atoms with van der Waals surface area (Å²) in [6.07, 6.45) is 0. The Morgan fingerprint density at radius 3 is 2.81 bits per heavy atom. The number of thiophene rings is 2. The minimum absolute atomic E-state index is 0.0551. The van der Waals surface area contributed by atoms with Crippen LogP contribution in [-0.2, 0) is 0 Å². The Morgan fingerprint density at radius 2 is 2.06 bits per heavy atom. The fourth-order valence-electron chi connectivity index (χ4n) is 1.39. The fourth-order valence-corrected chi connectivity index (χ4v) is 3.43. The van der Waals surface area contributed by atoms with Gasteiger partial charge in [0, 0.05) is 0 Å². The summed E-state index contributed by atoms with van der Waals surface area (Å²) in [7, 11) is 0. The second kappa shape index (κ2) is 3.80. The molecule has 0 radical (unpaired) electrons. The Balaban J connectivity index is 2.24. The first-order valence-electron chi connectivity index (χ1n) is 4.44. The molecule has 0 aliphatic carbocycles. The highest BCUT2D eigenvalue weighted by molar-refractivity contribution is 9.11. The number of aromatic nitrogens is 2. The maximum Gasteiger partial charge on any atom is 0.232 e. The quantitative estimate of drug-likeness (QED) is 0.741. The second-order valence-electron chi connectivity index (χ2n) is 3.11. The van der Waals surface area contributed by atoms with Crippen molar-refractivity contribution in [1.82, 2.24) is 9.97 Å². The number of hydrogen-bond donors (Lipinski definition) is 1. The molecule has 0 atom stereocenters. The van der Waals surface area contributed by atoms with Gasteiger partial charge in [-0.25, -0.2) is 4.98 Å². The van der Waals surface area contributed by atoms with Gasteiger partial charge in [0.1, 0.15) is 4.70 Å². The molecule has 3 heterocycles. The molecule has 0 aromatic carbocycles. The topological polar surface area (TPSA) is 46.0 Å². The molecule has 3 aromatic heterocycles. The van der Waals surface area contributed by atoms with E-state index in [4.69, 9.17) is 0 Å². The Morgan fingerprint density at radius 1 is 1.19 bits per heavy atom. The van der Waals surface area contributed by atoms with Crippen molar-refractivity contribution < 1.29 is 5.11 Å². The molecule has 1 N–H and O–H groups in total. The van der Waals surface area contributed by atoms with Crippen molar-refractivity contribution in [2.45, 2.75) is 0 Å². The van der Waals surface area contributed by atoms with Crippen LogP contribution in [0, 0.1) is 0 Å². The summed E-state index contributed by atoms with van der Waals surface area (Å²) in [5.74, 6) is 0.624. The van der Waals surface area contributed by atoms with E-state index in [-0.39, 0.29) is 5.88 Å². The van der Waals surface area contributed by atoms with Crippen LogP contribution >= 0.6 is 38.6 Å². The summed E-state index contributed by atoms with van der Waals surface area (Å²) >= 11 is 6.38. The Hall–Kier alpha value is -0.980. The van der Waals surface area contributed by atoms with Gasteiger partial charge >= 0.3 is 0 Å². The average molecular weight is 313 g/mol. The van der Waals surface area contributed by atoms with E-state index in [9.17, 15) is 5.11 Å². The van der Waals surface area contributed by atoms with Gasteiger partial charge in [-0.05, 0) is 39.5 Å². The monoisotopic (exact) mass is 312 g/mol. The lowest BCUT2D eigenvalue weighted by Gasteiger charge is -1.98. The zero-order valence-corrected chi connectivity index (χ0v) is 11.1. The lowest BCUT2D eigenvalue weighted by atomic mass is 10.4. The molecule has 3 aromatic rings. The Bertz CT molecular complexity index is 662. The third-order valence-corrected chi connectivity index (χ3v) is 4.60. The smallest absolute Gasteiger partial charge is 0.232 e. The minimum Gasteiger partial charge on any atom is -0.492 e. The van der Waals surface area contributed by atoms with E-state index >= 15 is 0 Å². The van der Waals surface area contributed by atoms with E-state index in [1.807, 2.05) is 23.6 Å². The molecule has 16 heavy (non-hydrogen) atoms. The van der Waals surface area contributed by atoms with E-state index in [2.05, 4.69) is 25.9 Å². The van der Waals surface area contributed by atoms with Gasteiger partial charge in [-0.3, -0.25) is 0 Å². The number of hydrogen-bond acceptors (Lipinski definition) is 5. The largest absolute Gasteiger partial charge is 0.492 e. The number of rotatable bonds is 1. The molecular weight excluding hydrogens is 308 g/mol. The van der Waals surface area contributed by atoms with Crippen LogP contribution < -0.4 is 0 Å². The lowest BCUT2D eigenvalue weighted by Crippen LogP contribution is -1.86. The number of aromatic hydroxyl groups is 1. The molecule has 0 amide bonds. The summed E-state index contributed by atoms with van der Waals surface area (Å²) in [5.41, 5.74) is 0.789. The number of nitrogens with zero attached hydrogens (tertiary/aromatic N) is 2. The van der Waals surface area contributed by atoms with Gasteiger partial charge in [-0.2, -0.15) is 4.98 Å². The minimum atomic E-state index is 0.0551. The average Bonchev–Trinajstić information content (AvgIpc) is 2.85. The van der Waals surface area contributed by atoms with Crippen LogP contribution in [-0.4, -0.2) is 15.1 Å². The zero-order chi connectivity index (χ0) is 11.1. The van der Waals surface area contributed by atoms with Crippen molar-refractivity contribution in [1.29, 1.82) is 0 Å². The van der Waals surface area contributed by atoms with E-state index in [1.54, 1.807) is 11.3 Å². The predicted molar refractivity (Wildman–Crippen MR) is 70.1 cm³/mol. The van der Waals surface area contributed by atoms with E-state index in [0.717, 1.165) is 18.9 Å². The molecule has 0 saturated heterocycles. The molecule has 0 bridgehead atoms. The second-order valence-corrected chi connectivity index (χ2v) is 6.49. The summed E-state index contributed by atoms with van der Waals surface area (Å²) < 4.78 is 1.76. The van der Waals surface area contributed by atoms with Crippen LogP contribution in [0.3, 0.4) is 0 Å². The van der Waals surface area contributed by atoms with Crippen molar-refractivity contribution in [2.75, 3.05) is 0 Å². The first-order valence-corrected chi connectivity index (χ1v) is 6.93.